The van der Waals surface area contributed by atoms with Gasteiger partial charge in [-0.25, -0.2) is 9.97 Å². The number of hydrogen-bond donors (Lipinski definition) is 5. The number of carbonyl (C=O) groups is 1. The third kappa shape index (κ3) is 7.99. The van der Waals surface area contributed by atoms with Crippen LogP contribution >= 0.6 is 0 Å². The number of aryl methyl sites for hydroxylation is 2. The first kappa shape index (κ1) is 31.7. The molecule has 0 spiro atoms. The number of nitrogens with one attached hydrogen (secondary N) is 2. The predicted octanol–water partition coefficient (Wildman–Crippen LogP) is 1.15. The summed E-state index contributed by atoms with van der Waals surface area (Å²) in [7, 11) is 1.93. The minimum atomic E-state index is -1.27. The molecule has 1 aliphatic heterocycles. The van der Waals surface area contributed by atoms with Crippen molar-refractivity contribution < 1.29 is 24.9 Å². The van der Waals surface area contributed by atoms with E-state index in [1.807, 2.05) is 24.7 Å². The van der Waals surface area contributed by atoms with Crippen molar-refractivity contribution in [2.45, 2.75) is 78.5 Å². The zero-order valence-corrected chi connectivity index (χ0v) is 25.2. The van der Waals surface area contributed by atoms with Gasteiger partial charge in [0.05, 0.1) is 24.9 Å². The van der Waals surface area contributed by atoms with Crippen molar-refractivity contribution in [2.75, 3.05) is 23.7 Å². The van der Waals surface area contributed by atoms with Gasteiger partial charge >= 0.3 is 0 Å². The highest BCUT2D eigenvalue weighted by molar-refractivity contribution is 5.84. The fourth-order valence-electron chi connectivity index (χ4n) is 4.37. The number of aliphatic hydroxyl groups excluding tert-OH is 2. The van der Waals surface area contributed by atoms with Gasteiger partial charge in [0.15, 0.2) is 29.3 Å². The molecule has 5 heterocycles. The molecule has 234 valence electrons. The predicted molar refractivity (Wildman–Crippen MR) is 155 cm³/mol. The largest absolute Gasteiger partial charge is 0.481 e. The Morgan fingerprint density at radius 1 is 1.09 bits per heavy atom. The average molecular weight is 601 g/mol. The average Bonchev–Trinajstić information content (AvgIpc) is 3.71. The molecule has 0 aliphatic carbocycles. The molecule has 1 saturated heterocycles. The molecule has 17 nitrogen and oxygen atoms in total. The number of tetrazole rings is 1. The minimum absolute atomic E-state index is 0.142. The van der Waals surface area contributed by atoms with Crippen LogP contribution in [0.5, 0.6) is 0 Å². The summed E-state index contributed by atoms with van der Waals surface area (Å²) in [5, 5.41) is 48.0. The number of carboxylic acid groups (broad SMARTS) is 1. The van der Waals surface area contributed by atoms with Gasteiger partial charge in [-0.2, -0.15) is 14.8 Å². The van der Waals surface area contributed by atoms with Crippen molar-refractivity contribution in [3.8, 4) is 0 Å². The van der Waals surface area contributed by atoms with Crippen molar-refractivity contribution in [3.63, 3.8) is 0 Å². The summed E-state index contributed by atoms with van der Waals surface area (Å²) in [5.41, 5.74) is 2.08. The second-order valence-electron chi connectivity index (χ2n) is 11.4. The Labute approximate surface area is 248 Å². The van der Waals surface area contributed by atoms with Gasteiger partial charge in [-0.15, -0.1) is 10.2 Å². The van der Waals surface area contributed by atoms with Crippen LogP contribution in [0.1, 0.15) is 64.9 Å². The van der Waals surface area contributed by atoms with Crippen LogP contribution in [0, 0.1) is 5.41 Å². The molecular weight excluding hydrogens is 560 g/mol. The third-order valence-electron chi connectivity index (χ3n) is 6.53. The number of anilines is 2. The van der Waals surface area contributed by atoms with Crippen LogP contribution in [0.3, 0.4) is 0 Å². The fraction of sp³-hybridized carbons (Fsp3) is 0.615. The van der Waals surface area contributed by atoms with Gasteiger partial charge in [-0.1, -0.05) is 20.8 Å². The van der Waals surface area contributed by atoms with E-state index in [-0.39, 0.29) is 11.2 Å². The van der Waals surface area contributed by atoms with Crippen molar-refractivity contribution >= 4 is 28.9 Å². The molecular formula is C26H40N12O5. The Morgan fingerprint density at radius 3 is 2.47 bits per heavy atom. The topological polar surface area (TPSA) is 216 Å². The maximum Gasteiger partial charge on any atom is 0.300 e. The molecule has 4 atom stereocenters. The van der Waals surface area contributed by atoms with Gasteiger partial charge < -0.3 is 35.3 Å². The Bertz CT molecular complexity index is 1510. The van der Waals surface area contributed by atoms with Gasteiger partial charge in [0.2, 0.25) is 11.8 Å². The van der Waals surface area contributed by atoms with Crippen LogP contribution in [0.25, 0.3) is 11.2 Å². The van der Waals surface area contributed by atoms with Crippen molar-refractivity contribution in [1.82, 2.24) is 49.3 Å². The second-order valence-corrected chi connectivity index (χ2v) is 11.4. The lowest BCUT2D eigenvalue weighted by Crippen LogP contribution is -2.29. The van der Waals surface area contributed by atoms with Crippen molar-refractivity contribution in [2.24, 2.45) is 12.5 Å². The number of nitrogens with zero attached hydrogens (tertiary/aromatic N) is 10. The van der Waals surface area contributed by atoms with E-state index in [0.717, 1.165) is 19.0 Å². The standard InChI is InChI=1S/C24H36N12O3.C2H4O2/c1-6-36-32-20(31-33-36)18-16(37)17(38)22(39-18)35-13-28-15-19(25-10-8-24(2,3)4)29-23(30-21(15)35)26-9-7-14-11-34(5)12-27-14;1-2(3)4/h11-13,16-18,22,37-38H,6-10H2,1-5H3,(H2,25,26,29,30);1H3,(H,3,4)/t16-,17+,18-,22+;/m0./s1. The summed E-state index contributed by atoms with van der Waals surface area (Å²) >= 11 is 0. The molecule has 5 rings (SSSR count). The minimum Gasteiger partial charge on any atom is -0.481 e. The molecule has 4 aromatic heterocycles. The van der Waals surface area contributed by atoms with E-state index in [1.165, 1.54) is 11.1 Å². The third-order valence-corrected chi connectivity index (χ3v) is 6.53. The number of aliphatic hydroxyl groups is 2. The Kier molecular flexibility index (Phi) is 9.87. The molecule has 0 radical (unpaired) electrons. The molecule has 4 aromatic rings. The molecule has 0 aromatic carbocycles. The highest BCUT2D eigenvalue weighted by Crippen LogP contribution is 2.39. The van der Waals surface area contributed by atoms with Crippen LogP contribution < -0.4 is 10.6 Å². The molecule has 1 fully saturated rings. The Balaban J connectivity index is 0.000000996. The number of aliphatic carboxylic acids is 1. The maximum absolute atomic E-state index is 10.9. The highest BCUT2D eigenvalue weighted by Gasteiger charge is 2.47. The number of imidazole rings is 2. The number of ether oxygens (including phenoxy) is 1. The van der Waals surface area contributed by atoms with Crippen LogP contribution in [0.15, 0.2) is 18.9 Å². The zero-order valence-electron chi connectivity index (χ0n) is 25.2. The first-order chi connectivity index (χ1) is 20.4. The van der Waals surface area contributed by atoms with Crippen molar-refractivity contribution in [3.05, 3.63) is 30.4 Å². The molecule has 0 saturated carbocycles. The van der Waals surface area contributed by atoms with E-state index < -0.39 is 30.5 Å². The Hall–Kier alpha value is -4.22. The normalized spacial score (nSPS) is 20.2. The molecule has 1 aliphatic rings. The van der Waals surface area contributed by atoms with Gasteiger partial charge in [-0.05, 0) is 24.0 Å². The molecule has 0 amide bonds. The number of fused-ring (bicyclic) bond motifs is 1. The maximum atomic E-state index is 10.9. The summed E-state index contributed by atoms with van der Waals surface area (Å²) in [5.74, 6) is 0.336. The second kappa shape index (κ2) is 13.4. The van der Waals surface area contributed by atoms with Crippen LogP contribution in [-0.4, -0.2) is 95.9 Å². The monoisotopic (exact) mass is 600 g/mol. The van der Waals surface area contributed by atoms with Gasteiger partial charge in [-0.3, -0.25) is 9.36 Å². The molecule has 0 unspecified atom stereocenters. The number of hydrogen-bond acceptors (Lipinski definition) is 13. The first-order valence-electron chi connectivity index (χ1n) is 14.0. The summed E-state index contributed by atoms with van der Waals surface area (Å²) < 4.78 is 9.57. The lowest BCUT2D eigenvalue weighted by atomic mass is 9.92. The highest BCUT2D eigenvalue weighted by atomic mass is 16.6. The van der Waals surface area contributed by atoms with Gasteiger partial charge in [0.25, 0.3) is 5.97 Å². The van der Waals surface area contributed by atoms with Gasteiger partial charge in [0.1, 0.15) is 12.2 Å². The van der Waals surface area contributed by atoms with E-state index >= 15 is 0 Å². The number of aromatic nitrogens is 10. The molecule has 17 heteroatoms. The van der Waals surface area contributed by atoms with E-state index in [2.05, 4.69) is 61.8 Å². The first-order valence-corrected chi connectivity index (χ1v) is 14.0. The van der Waals surface area contributed by atoms with Gasteiger partial charge in [0, 0.05) is 39.7 Å². The molecule has 5 N–H and O–H groups in total. The van der Waals surface area contributed by atoms with Crippen LogP contribution in [0.4, 0.5) is 11.8 Å². The SMILES string of the molecule is CC(=O)O.CCn1nnc([C@H]2O[C@@H](n3cnc4c(NCCC(C)(C)C)nc(NCCc5cn(C)cn5)nc43)[C@H](O)[C@@H]2O)n1. The fourth-order valence-corrected chi connectivity index (χ4v) is 4.37. The summed E-state index contributed by atoms with van der Waals surface area (Å²) in [4.78, 5) is 28.7. The lowest BCUT2D eigenvalue weighted by Gasteiger charge is -2.19. The van der Waals surface area contributed by atoms with E-state index in [0.29, 0.717) is 49.0 Å². The molecule has 0 bridgehead atoms. The smallest absolute Gasteiger partial charge is 0.300 e. The van der Waals surface area contributed by atoms with Crippen LogP contribution in [-0.2, 0) is 29.5 Å². The van der Waals surface area contributed by atoms with E-state index in [4.69, 9.17) is 19.6 Å². The van der Waals surface area contributed by atoms with Crippen molar-refractivity contribution in [1.29, 1.82) is 0 Å². The number of rotatable bonds is 10. The number of carboxylic acids is 1. The summed E-state index contributed by atoms with van der Waals surface area (Å²) in [6, 6.07) is 0. The summed E-state index contributed by atoms with van der Waals surface area (Å²) in [6.45, 7) is 11.3. The van der Waals surface area contributed by atoms with E-state index in [1.54, 1.807) is 10.9 Å². The lowest BCUT2D eigenvalue weighted by molar-refractivity contribution is -0.134. The Morgan fingerprint density at radius 2 is 1.84 bits per heavy atom. The quantitative estimate of drug-likeness (QED) is 0.173. The van der Waals surface area contributed by atoms with E-state index in [9.17, 15) is 10.2 Å². The molecule has 43 heavy (non-hydrogen) atoms. The zero-order chi connectivity index (χ0) is 31.3. The summed E-state index contributed by atoms with van der Waals surface area (Å²) in [6.07, 6.45) is 2.43. The van der Waals surface area contributed by atoms with Crippen LogP contribution in [0.2, 0.25) is 0 Å².